The van der Waals surface area contributed by atoms with Gasteiger partial charge in [0.1, 0.15) is 5.75 Å². The number of aliphatic hydroxyl groups excluding tert-OH is 1. The van der Waals surface area contributed by atoms with Crippen molar-refractivity contribution < 1.29 is 19.7 Å². The van der Waals surface area contributed by atoms with Crippen LogP contribution in [0.15, 0.2) is 54.6 Å². The number of amides is 1. The monoisotopic (exact) mass is 367 g/mol. The van der Waals surface area contributed by atoms with Crippen molar-refractivity contribution >= 4 is 5.91 Å². The largest absolute Gasteiger partial charge is 0.508 e. The van der Waals surface area contributed by atoms with Crippen LogP contribution in [-0.4, -0.2) is 45.8 Å². The third-order valence-corrected chi connectivity index (χ3v) is 5.73. The maximum Gasteiger partial charge on any atom is 0.253 e. The number of ether oxygens (including phenoxy) is 1. The van der Waals surface area contributed by atoms with E-state index in [1.165, 1.54) is 12.1 Å². The maximum absolute atomic E-state index is 12.7. The van der Waals surface area contributed by atoms with Crippen molar-refractivity contribution in [1.29, 1.82) is 0 Å². The molecule has 2 N–H and O–H groups in total. The van der Waals surface area contributed by atoms with E-state index in [-0.39, 0.29) is 29.5 Å². The normalized spacial score (nSPS) is 24.7. The molecule has 142 valence electrons. The third-order valence-electron chi connectivity index (χ3n) is 5.73. The minimum Gasteiger partial charge on any atom is -0.508 e. The van der Waals surface area contributed by atoms with Gasteiger partial charge in [-0.15, -0.1) is 0 Å². The zero-order valence-corrected chi connectivity index (χ0v) is 15.3. The number of aliphatic hydroxyl groups is 1. The number of carbonyl (C=O) groups is 1. The predicted octanol–water partition coefficient (Wildman–Crippen LogP) is 3.28. The van der Waals surface area contributed by atoms with Crippen molar-refractivity contribution in [3.8, 4) is 5.75 Å². The van der Waals surface area contributed by atoms with Crippen LogP contribution in [0, 0.1) is 0 Å². The molecule has 1 amide bonds. The average molecular weight is 367 g/mol. The van der Waals surface area contributed by atoms with Gasteiger partial charge in [-0.1, -0.05) is 30.3 Å². The van der Waals surface area contributed by atoms with Crippen molar-refractivity contribution in [2.24, 2.45) is 0 Å². The number of phenolic OH excluding ortho intramolecular Hbond substituents is 1. The van der Waals surface area contributed by atoms with E-state index in [1.54, 1.807) is 12.1 Å². The van der Waals surface area contributed by atoms with Gasteiger partial charge in [-0.25, -0.2) is 0 Å². The first-order chi connectivity index (χ1) is 13.0. The number of piperidine rings is 1. The summed E-state index contributed by atoms with van der Waals surface area (Å²) in [6.45, 7) is 1.21. The highest BCUT2D eigenvalue weighted by Crippen LogP contribution is 2.43. The summed E-state index contributed by atoms with van der Waals surface area (Å²) in [5, 5.41) is 19.8. The smallest absolute Gasteiger partial charge is 0.253 e. The summed E-state index contributed by atoms with van der Waals surface area (Å²) in [6.07, 6.45) is 2.19. The summed E-state index contributed by atoms with van der Waals surface area (Å²) in [5.74, 6) is 0.126. The van der Waals surface area contributed by atoms with Crippen LogP contribution in [0.25, 0.3) is 0 Å². The number of hydrogen-bond acceptors (Lipinski definition) is 4. The topological polar surface area (TPSA) is 70.0 Å². The molecule has 2 aromatic carbocycles. The van der Waals surface area contributed by atoms with E-state index < -0.39 is 0 Å². The summed E-state index contributed by atoms with van der Waals surface area (Å²) in [5.41, 5.74) is 1.30. The summed E-state index contributed by atoms with van der Waals surface area (Å²) in [4.78, 5) is 14.5. The fourth-order valence-electron chi connectivity index (χ4n) is 4.26. The summed E-state index contributed by atoms with van der Waals surface area (Å²) in [6, 6.07) is 16.4. The van der Waals surface area contributed by atoms with Gasteiger partial charge in [0.15, 0.2) is 0 Å². The molecule has 0 bridgehead atoms. The third kappa shape index (κ3) is 3.84. The lowest BCUT2D eigenvalue weighted by atomic mass is 9.81. The molecule has 1 spiro atoms. The zero-order chi connectivity index (χ0) is 18.9. The number of phenols is 1. The molecule has 2 heterocycles. The molecule has 4 rings (SSSR count). The molecule has 5 nitrogen and oxygen atoms in total. The number of carbonyl (C=O) groups excluding carboxylic acids is 1. The van der Waals surface area contributed by atoms with Gasteiger partial charge in [0.2, 0.25) is 0 Å². The Bertz CT molecular complexity index is 782. The summed E-state index contributed by atoms with van der Waals surface area (Å²) < 4.78 is 6.49. The van der Waals surface area contributed by atoms with Crippen molar-refractivity contribution in [1.82, 2.24) is 4.90 Å². The minimum absolute atomic E-state index is 0.0270. The van der Waals surface area contributed by atoms with Crippen LogP contribution in [0.4, 0.5) is 0 Å². The van der Waals surface area contributed by atoms with Crippen molar-refractivity contribution in [2.75, 3.05) is 13.1 Å². The van der Waals surface area contributed by atoms with Gasteiger partial charge in [-0.3, -0.25) is 4.79 Å². The Morgan fingerprint density at radius 1 is 1.04 bits per heavy atom. The van der Waals surface area contributed by atoms with E-state index in [2.05, 4.69) is 0 Å². The summed E-state index contributed by atoms with van der Waals surface area (Å²) >= 11 is 0. The fraction of sp³-hybridized carbons (Fsp3) is 0.409. The number of benzene rings is 2. The first-order valence-electron chi connectivity index (χ1n) is 9.54. The molecule has 0 aliphatic carbocycles. The molecular formula is C22H25NO4. The van der Waals surface area contributed by atoms with Gasteiger partial charge in [0, 0.05) is 31.5 Å². The maximum atomic E-state index is 12.7. The second kappa shape index (κ2) is 7.33. The molecule has 0 saturated carbocycles. The Labute approximate surface area is 159 Å². The molecule has 2 saturated heterocycles. The molecule has 5 heteroatoms. The molecule has 0 radical (unpaired) electrons. The highest BCUT2D eigenvalue weighted by molar-refractivity contribution is 5.94. The van der Waals surface area contributed by atoms with Gasteiger partial charge in [-0.2, -0.15) is 0 Å². The predicted molar refractivity (Wildman–Crippen MR) is 101 cm³/mol. The summed E-state index contributed by atoms with van der Waals surface area (Å²) in [7, 11) is 0. The second-order valence-electron chi connectivity index (χ2n) is 7.63. The van der Waals surface area contributed by atoms with E-state index in [1.807, 2.05) is 35.2 Å². The van der Waals surface area contributed by atoms with E-state index in [4.69, 9.17) is 4.74 Å². The molecule has 0 aromatic heterocycles. The number of hydrogen-bond donors (Lipinski definition) is 2. The molecule has 2 aliphatic rings. The lowest BCUT2D eigenvalue weighted by Gasteiger charge is -2.48. The lowest BCUT2D eigenvalue weighted by molar-refractivity contribution is -0.181. The van der Waals surface area contributed by atoms with Crippen LogP contribution in [-0.2, 0) is 4.74 Å². The molecular weight excluding hydrogens is 342 g/mol. The van der Waals surface area contributed by atoms with Crippen LogP contribution >= 0.6 is 0 Å². The van der Waals surface area contributed by atoms with E-state index in [0.717, 1.165) is 18.4 Å². The van der Waals surface area contributed by atoms with Gasteiger partial charge >= 0.3 is 0 Å². The Hall–Kier alpha value is -2.37. The van der Waals surface area contributed by atoms with Gasteiger partial charge < -0.3 is 19.8 Å². The Balaban J connectivity index is 1.44. The Morgan fingerprint density at radius 3 is 2.37 bits per heavy atom. The zero-order valence-electron chi connectivity index (χ0n) is 15.3. The van der Waals surface area contributed by atoms with Gasteiger partial charge in [-0.05, 0) is 42.7 Å². The highest BCUT2D eigenvalue weighted by Gasteiger charge is 2.44. The molecule has 2 fully saturated rings. The van der Waals surface area contributed by atoms with Crippen LogP contribution in [0.3, 0.4) is 0 Å². The number of aromatic hydroxyl groups is 1. The van der Waals surface area contributed by atoms with E-state index >= 15 is 0 Å². The Kier molecular flexibility index (Phi) is 4.89. The number of likely N-dealkylation sites (tertiary alicyclic amines) is 1. The van der Waals surface area contributed by atoms with Crippen molar-refractivity contribution in [2.45, 2.75) is 43.5 Å². The van der Waals surface area contributed by atoms with Crippen LogP contribution < -0.4 is 0 Å². The van der Waals surface area contributed by atoms with Crippen LogP contribution in [0.2, 0.25) is 0 Å². The molecule has 2 aromatic rings. The first-order valence-corrected chi connectivity index (χ1v) is 9.54. The molecule has 0 unspecified atom stereocenters. The lowest BCUT2D eigenvalue weighted by Crippen LogP contribution is -2.52. The Morgan fingerprint density at radius 2 is 1.70 bits per heavy atom. The molecule has 2 atom stereocenters. The first kappa shape index (κ1) is 18.0. The number of rotatable bonds is 2. The molecule has 2 aliphatic heterocycles. The van der Waals surface area contributed by atoms with Crippen molar-refractivity contribution in [3.63, 3.8) is 0 Å². The van der Waals surface area contributed by atoms with E-state index in [0.29, 0.717) is 31.5 Å². The van der Waals surface area contributed by atoms with Crippen LogP contribution in [0.5, 0.6) is 5.75 Å². The van der Waals surface area contributed by atoms with Gasteiger partial charge in [0.25, 0.3) is 5.91 Å². The molecule has 27 heavy (non-hydrogen) atoms. The second-order valence-corrected chi connectivity index (χ2v) is 7.63. The van der Waals surface area contributed by atoms with Crippen LogP contribution in [0.1, 0.15) is 47.7 Å². The quantitative estimate of drug-likeness (QED) is 0.855. The van der Waals surface area contributed by atoms with Gasteiger partial charge in [0.05, 0.1) is 17.8 Å². The highest BCUT2D eigenvalue weighted by atomic mass is 16.5. The fourth-order valence-corrected chi connectivity index (χ4v) is 4.26. The minimum atomic E-state index is -0.386. The van der Waals surface area contributed by atoms with Crippen molar-refractivity contribution in [3.05, 3.63) is 65.7 Å². The average Bonchev–Trinajstić information content (AvgIpc) is 2.69. The SMILES string of the molecule is O=C(c1ccc(O)cc1)N1CCC2(CC1)C[C@@H](O)C[C@H](c1ccccc1)O2. The number of nitrogens with zero attached hydrogens (tertiary/aromatic N) is 1. The van der Waals surface area contributed by atoms with E-state index in [9.17, 15) is 15.0 Å². The standard InChI is InChI=1S/C22H25NO4/c24-18-8-6-17(7-9-18)21(26)23-12-10-22(11-13-23)15-19(25)14-20(27-22)16-4-2-1-3-5-16/h1-9,19-20,24-25H,10-15H2/t19-,20+/m0/s1.